The zero-order valence-corrected chi connectivity index (χ0v) is 16.7. The standard InChI is InChI=1S/C18H24N2OS3/c1-3-19-6-8-20(9-7-19)12-15-10-14(4-5-17(15)21)11-16-13(2)23-24-18(16)22/h4-5,10,21H,3,6-9,11-12H2,1-2H3. The topological polar surface area (TPSA) is 26.7 Å². The molecule has 3 rings (SSSR count). The molecule has 1 aromatic carbocycles. The predicted molar refractivity (Wildman–Crippen MR) is 106 cm³/mol. The van der Waals surface area contributed by atoms with Gasteiger partial charge in [-0.1, -0.05) is 52.0 Å². The zero-order valence-electron chi connectivity index (χ0n) is 14.2. The molecule has 1 fully saturated rings. The van der Waals surface area contributed by atoms with Gasteiger partial charge >= 0.3 is 0 Å². The first-order valence-electron chi connectivity index (χ1n) is 8.41. The number of likely N-dealkylation sites (N-methyl/N-ethyl adjacent to an activating group) is 1. The Kier molecular flexibility index (Phi) is 6.05. The molecule has 2 aromatic rings. The molecule has 0 unspecified atom stereocenters. The van der Waals surface area contributed by atoms with Gasteiger partial charge in [0.05, 0.1) is 0 Å². The van der Waals surface area contributed by atoms with Crippen molar-refractivity contribution in [1.82, 2.24) is 9.80 Å². The highest BCUT2D eigenvalue weighted by atomic mass is 32.9. The summed E-state index contributed by atoms with van der Waals surface area (Å²) in [7, 11) is 3.45. The summed E-state index contributed by atoms with van der Waals surface area (Å²) in [5.74, 6) is 0.403. The first-order chi connectivity index (χ1) is 11.6. The van der Waals surface area contributed by atoms with Crippen LogP contribution in [0.4, 0.5) is 0 Å². The van der Waals surface area contributed by atoms with Crippen LogP contribution >= 0.6 is 32.9 Å². The predicted octanol–water partition coefficient (Wildman–Crippen LogP) is 4.28. The minimum Gasteiger partial charge on any atom is -0.508 e. The molecular formula is C18H24N2OS3. The summed E-state index contributed by atoms with van der Waals surface area (Å²) < 4.78 is 1.00. The number of aromatic hydroxyl groups is 1. The van der Waals surface area contributed by atoms with E-state index in [-0.39, 0.29) is 0 Å². The maximum atomic E-state index is 10.2. The van der Waals surface area contributed by atoms with E-state index in [1.165, 1.54) is 16.0 Å². The number of piperazine rings is 1. The van der Waals surface area contributed by atoms with Gasteiger partial charge in [0.15, 0.2) is 0 Å². The van der Waals surface area contributed by atoms with Crippen LogP contribution in [0.2, 0.25) is 0 Å². The number of nitrogens with zero attached hydrogens (tertiary/aromatic N) is 2. The van der Waals surface area contributed by atoms with Gasteiger partial charge in [-0.05, 0) is 30.7 Å². The van der Waals surface area contributed by atoms with Crippen molar-refractivity contribution in [3.05, 3.63) is 43.6 Å². The smallest absolute Gasteiger partial charge is 0.120 e. The number of hydrogen-bond donors (Lipinski definition) is 1. The minimum atomic E-state index is 0.403. The van der Waals surface area contributed by atoms with Crippen LogP contribution in [0.5, 0.6) is 5.75 Å². The lowest BCUT2D eigenvalue weighted by atomic mass is 10.0. The van der Waals surface area contributed by atoms with E-state index in [1.807, 2.05) is 12.1 Å². The summed E-state index contributed by atoms with van der Waals surface area (Å²) in [5, 5.41) is 10.2. The van der Waals surface area contributed by atoms with Gasteiger partial charge in [0.1, 0.15) is 9.57 Å². The first-order valence-corrected chi connectivity index (χ1v) is 11.0. The second-order valence-corrected chi connectivity index (χ2v) is 9.36. The van der Waals surface area contributed by atoms with Crippen LogP contribution in [0.15, 0.2) is 18.2 Å². The van der Waals surface area contributed by atoms with E-state index in [0.717, 1.165) is 55.1 Å². The second kappa shape index (κ2) is 8.06. The second-order valence-electron chi connectivity index (χ2n) is 6.34. The zero-order chi connectivity index (χ0) is 17.1. The molecule has 1 aliphatic heterocycles. The number of benzene rings is 1. The van der Waals surface area contributed by atoms with Crippen molar-refractivity contribution in [3.8, 4) is 5.75 Å². The van der Waals surface area contributed by atoms with Crippen LogP contribution in [0.25, 0.3) is 0 Å². The van der Waals surface area contributed by atoms with Crippen molar-refractivity contribution in [3.63, 3.8) is 0 Å². The Hall–Kier alpha value is -0.790. The number of phenolic OH excluding ortho intramolecular Hbond substituents is 1. The average Bonchev–Trinajstić information content (AvgIpc) is 2.90. The third kappa shape index (κ3) is 4.24. The summed E-state index contributed by atoms with van der Waals surface area (Å²) in [4.78, 5) is 6.22. The van der Waals surface area contributed by atoms with Crippen molar-refractivity contribution in [2.75, 3.05) is 32.7 Å². The molecule has 24 heavy (non-hydrogen) atoms. The van der Waals surface area contributed by atoms with Crippen LogP contribution in [0.3, 0.4) is 0 Å². The summed E-state index contributed by atoms with van der Waals surface area (Å²) in [6.45, 7) is 10.7. The van der Waals surface area contributed by atoms with Gasteiger partial charge in [-0.2, -0.15) is 0 Å². The fourth-order valence-electron chi connectivity index (χ4n) is 3.13. The lowest BCUT2D eigenvalue weighted by Crippen LogP contribution is -2.45. The Morgan fingerprint density at radius 2 is 1.83 bits per heavy atom. The lowest BCUT2D eigenvalue weighted by molar-refractivity contribution is 0.131. The van der Waals surface area contributed by atoms with E-state index < -0.39 is 0 Å². The van der Waals surface area contributed by atoms with E-state index >= 15 is 0 Å². The van der Waals surface area contributed by atoms with Gasteiger partial charge in [0.2, 0.25) is 0 Å². The molecule has 2 heterocycles. The van der Waals surface area contributed by atoms with E-state index in [9.17, 15) is 5.11 Å². The molecule has 0 saturated carbocycles. The van der Waals surface area contributed by atoms with Crippen LogP contribution in [-0.2, 0) is 13.0 Å². The molecule has 0 aliphatic carbocycles. The van der Waals surface area contributed by atoms with Gasteiger partial charge in [-0.3, -0.25) is 4.90 Å². The Balaban J connectivity index is 1.71. The van der Waals surface area contributed by atoms with Gasteiger partial charge in [-0.25, -0.2) is 0 Å². The molecule has 0 amide bonds. The quantitative estimate of drug-likeness (QED) is 0.619. The molecule has 1 aliphatic rings. The normalized spacial score (nSPS) is 16.6. The number of hydrogen-bond acceptors (Lipinski definition) is 6. The fourth-order valence-corrected chi connectivity index (χ4v) is 5.79. The first kappa shape index (κ1) is 18.0. The largest absolute Gasteiger partial charge is 0.508 e. The van der Waals surface area contributed by atoms with E-state index in [2.05, 4.69) is 29.7 Å². The van der Waals surface area contributed by atoms with Gasteiger partial charge in [-0.15, -0.1) is 0 Å². The third-order valence-electron chi connectivity index (χ3n) is 4.74. The number of aryl methyl sites for hydroxylation is 1. The highest BCUT2D eigenvalue weighted by Gasteiger charge is 2.17. The summed E-state index contributed by atoms with van der Waals surface area (Å²) >= 11 is 5.45. The lowest BCUT2D eigenvalue weighted by Gasteiger charge is -2.34. The van der Waals surface area contributed by atoms with Gasteiger partial charge in [0, 0.05) is 49.6 Å². The maximum absolute atomic E-state index is 10.2. The van der Waals surface area contributed by atoms with E-state index in [1.54, 1.807) is 20.7 Å². The van der Waals surface area contributed by atoms with Crippen LogP contribution in [0.1, 0.15) is 28.5 Å². The molecule has 0 radical (unpaired) electrons. The summed E-state index contributed by atoms with van der Waals surface area (Å²) in [6.07, 6.45) is 0.863. The Labute approximate surface area is 156 Å². The third-order valence-corrected chi connectivity index (χ3v) is 8.04. The highest BCUT2D eigenvalue weighted by molar-refractivity contribution is 7.79. The fraction of sp³-hybridized carbons (Fsp3) is 0.500. The van der Waals surface area contributed by atoms with Crippen LogP contribution < -0.4 is 0 Å². The van der Waals surface area contributed by atoms with Crippen molar-refractivity contribution < 1.29 is 5.11 Å². The molecule has 1 saturated heterocycles. The van der Waals surface area contributed by atoms with Crippen molar-refractivity contribution in [2.45, 2.75) is 26.8 Å². The average molecular weight is 381 g/mol. The van der Waals surface area contributed by atoms with Crippen molar-refractivity contribution in [1.29, 1.82) is 0 Å². The minimum absolute atomic E-state index is 0.403. The number of rotatable bonds is 5. The monoisotopic (exact) mass is 380 g/mol. The number of phenols is 1. The van der Waals surface area contributed by atoms with Gasteiger partial charge in [0.25, 0.3) is 0 Å². The molecule has 1 aromatic heterocycles. The van der Waals surface area contributed by atoms with Crippen LogP contribution in [0, 0.1) is 10.7 Å². The van der Waals surface area contributed by atoms with Crippen molar-refractivity contribution in [2.24, 2.45) is 0 Å². The molecule has 6 heteroatoms. The summed E-state index contributed by atoms with van der Waals surface area (Å²) in [5.41, 5.74) is 3.53. The molecule has 1 N–H and O–H groups in total. The molecule has 0 atom stereocenters. The van der Waals surface area contributed by atoms with Crippen molar-refractivity contribution >= 4 is 32.9 Å². The van der Waals surface area contributed by atoms with E-state index in [0.29, 0.717) is 5.75 Å². The molecule has 3 nitrogen and oxygen atoms in total. The molecule has 0 spiro atoms. The Morgan fingerprint density at radius 1 is 1.12 bits per heavy atom. The van der Waals surface area contributed by atoms with Gasteiger partial charge < -0.3 is 10.0 Å². The molecular weight excluding hydrogens is 356 g/mol. The highest BCUT2D eigenvalue weighted by Crippen LogP contribution is 2.28. The summed E-state index contributed by atoms with van der Waals surface area (Å²) in [6, 6.07) is 6.00. The molecule has 0 bridgehead atoms. The maximum Gasteiger partial charge on any atom is 0.120 e. The SMILES string of the molecule is CCN1CCN(Cc2cc(Cc3c(C)ssc3=S)ccc2O)CC1. The van der Waals surface area contributed by atoms with Crippen LogP contribution in [-0.4, -0.2) is 47.6 Å². The molecule has 130 valence electrons. The van der Waals surface area contributed by atoms with E-state index in [4.69, 9.17) is 12.2 Å². The Bertz CT molecular complexity index is 745. The Morgan fingerprint density at radius 3 is 2.46 bits per heavy atom.